The van der Waals surface area contributed by atoms with Crippen LogP contribution in [0.1, 0.15) is 12.1 Å². The smallest absolute Gasteiger partial charge is 0.243 e. The highest BCUT2D eigenvalue weighted by molar-refractivity contribution is 7.89. The average molecular weight is 408 g/mol. The van der Waals surface area contributed by atoms with E-state index >= 15 is 0 Å². The van der Waals surface area contributed by atoms with Gasteiger partial charge < -0.3 is 14.0 Å². The molecule has 2 aromatic rings. The number of methoxy groups -OCH3 is 1. The van der Waals surface area contributed by atoms with Gasteiger partial charge in [-0.05, 0) is 49.4 Å². The number of hydrogen-bond donors (Lipinski definition) is 0. The highest BCUT2D eigenvalue weighted by Crippen LogP contribution is 2.22. The van der Waals surface area contributed by atoms with E-state index in [1.807, 2.05) is 29.9 Å². The molecule has 3 rings (SSSR count). The van der Waals surface area contributed by atoms with E-state index in [2.05, 4.69) is 4.90 Å². The lowest BCUT2D eigenvalue weighted by Crippen LogP contribution is -2.39. The standard InChI is InChI=1S/C20H29N3O4S/c1-21-10-3-5-18(21)17-23(12-4-11-22-13-15-27-16-14-22)28(24,25)20-8-6-19(26-2)7-9-20/h3,5-10H,4,11-17H2,1-2H3. The van der Waals surface area contributed by atoms with Crippen LogP contribution in [-0.4, -0.2) is 68.7 Å². The molecule has 0 spiro atoms. The fraction of sp³-hybridized carbons (Fsp3) is 0.500. The molecule has 154 valence electrons. The molecule has 1 aromatic carbocycles. The molecule has 0 saturated carbocycles. The van der Waals surface area contributed by atoms with Gasteiger partial charge in [-0.3, -0.25) is 4.90 Å². The summed E-state index contributed by atoms with van der Waals surface area (Å²) < 4.78 is 40.6. The van der Waals surface area contributed by atoms with Gasteiger partial charge in [0.1, 0.15) is 5.75 Å². The zero-order valence-electron chi connectivity index (χ0n) is 16.6. The van der Waals surface area contributed by atoms with Gasteiger partial charge in [-0.2, -0.15) is 4.31 Å². The van der Waals surface area contributed by atoms with Crippen LogP contribution in [-0.2, 0) is 28.4 Å². The van der Waals surface area contributed by atoms with Crippen molar-refractivity contribution in [2.24, 2.45) is 7.05 Å². The summed E-state index contributed by atoms with van der Waals surface area (Å²) in [5.41, 5.74) is 0.962. The predicted molar refractivity (Wildman–Crippen MR) is 108 cm³/mol. The molecule has 2 heterocycles. The van der Waals surface area contributed by atoms with E-state index in [0.29, 0.717) is 18.8 Å². The Balaban J connectivity index is 1.74. The molecular formula is C20H29N3O4S. The zero-order chi connectivity index (χ0) is 20.0. The number of nitrogens with zero attached hydrogens (tertiary/aromatic N) is 3. The normalized spacial score (nSPS) is 15.8. The monoisotopic (exact) mass is 407 g/mol. The third kappa shape index (κ3) is 5.14. The van der Waals surface area contributed by atoms with Crippen LogP contribution in [0.2, 0.25) is 0 Å². The third-order valence-electron chi connectivity index (χ3n) is 5.07. The van der Waals surface area contributed by atoms with Gasteiger partial charge in [-0.1, -0.05) is 0 Å². The molecule has 0 radical (unpaired) electrons. The lowest BCUT2D eigenvalue weighted by atomic mass is 10.3. The van der Waals surface area contributed by atoms with E-state index in [4.69, 9.17) is 9.47 Å². The molecule has 7 nitrogen and oxygen atoms in total. The number of aryl methyl sites for hydroxylation is 1. The minimum Gasteiger partial charge on any atom is -0.497 e. The number of ether oxygens (including phenoxy) is 2. The maximum atomic E-state index is 13.3. The highest BCUT2D eigenvalue weighted by atomic mass is 32.2. The Morgan fingerprint density at radius 2 is 1.86 bits per heavy atom. The van der Waals surface area contributed by atoms with E-state index in [-0.39, 0.29) is 4.90 Å². The van der Waals surface area contributed by atoms with E-state index in [1.165, 1.54) is 0 Å². The fourth-order valence-corrected chi connectivity index (χ4v) is 4.77. The molecule has 0 bridgehead atoms. The van der Waals surface area contributed by atoms with Crippen molar-refractivity contribution in [3.63, 3.8) is 0 Å². The minimum absolute atomic E-state index is 0.286. The SMILES string of the molecule is COc1ccc(S(=O)(=O)N(CCCN2CCOCC2)Cc2cccn2C)cc1. The van der Waals surface area contributed by atoms with Crippen LogP contribution >= 0.6 is 0 Å². The van der Waals surface area contributed by atoms with Crippen molar-refractivity contribution < 1.29 is 17.9 Å². The molecule has 0 N–H and O–H groups in total. The molecule has 0 amide bonds. The van der Waals surface area contributed by atoms with Crippen molar-refractivity contribution >= 4 is 10.0 Å². The van der Waals surface area contributed by atoms with E-state index in [1.54, 1.807) is 35.7 Å². The molecular weight excluding hydrogens is 378 g/mol. The van der Waals surface area contributed by atoms with Crippen LogP contribution in [0, 0.1) is 0 Å². The Morgan fingerprint density at radius 1 is 1.14 bits per heavy atom. The molecule has 28 heavy (non-hydrogen) atoms. The van der Waals surface area contributed by atoms with Crippen LogP contribution in [0.25, 0.3) is 0 Å². The van der Waals surface area contributed by atoms with Crippen LogP contribution in [0.4, 0.5) is 0 Å². The zero-order valence-corrected chi connectivity index (χ0v) is 17.4. The summed E-state index contributed by atoms with van der Waals surface area (Å²) in [5.74, 6) is 0.639. The quantitative estimate of drug-likeness (QED) is 0.636. The first-order valence-electron chi connectivity index (χ1n) is 9.55. The molecule has 1 aliphatic rings. The minimum atomic E-state index is -3.60. The lowest BCUT2D eigenvalue weighted by molar-refractivity contribution is 0.0368. The first kappa shape index (κ1) is 20.9. The average Bonchev–Trinajstić information content (AvgIpc) is 3.12. The summed E-state index contributed by atoms with van der Waals surface area (Å²) in [6.45, 7) is 4.99. The van der Waals surface area contributed by atoms with E-state index < -0.39 is 10.0 Å². The molecule has 1 aliphatic heterocycles. The Labute approximate surface area is 167 Å². The van der Waals surface area contributed by atoms with Gasteiger partial charge in [-0.25, -0.2) is 8.42 Å². The Kier molecular flexibility index (Phi) is 7.12. The molecule has 8 heteroatoms. The highest BCUT2D eigenvalue weighted by Gasteiger charge is 2.25. The van der Waals surface area contributed by atoms with Crippen LogP contribution in [0.5, 0.6) is 5.75 Å². The van der Waals surface area contributed by atoms with Crippen LogP contribution in [0.3, 0.4) is 0 Å². The van der Waals surface area contributed by atoms with Crippen molar-refractivity contribution in [3.05, 3.63) is 48.3 Å². The molecule has 0 unspecified atom stereocenters. The Morgan fingerprint density at radius 3 is 2.46 bits per heavy atom. The van der Waals surface area contributed by atoms with Crippen molar-refractivity contribution in [1.29, 1.82) is 0 Å². The summed E-state index contributed by atoms with van der Waals surface area (Å²) in [6, 6.07) is 10.5. The van der Waals surface area contributed by atoms with E-state index in [0.717, 1.165) is 45.0 Å². The van der Waals surface area contributed by atoms with Gasteiger partial charge in [0.15, 0.2) is 0 Å². The summed E-state index contributed by atoms with van der Waals surface area (Å²) in [5, 5.41) is 0. The van der Waals surface area contributed by atoms with Gasteiger partial charge in [0.2, 0.25) is 10.0 Å². The van der Waals surface area contributed by atoms with Gasteiger partial charge >= 0.3 is 0 Å². The first-order chi connectivity index (χ1) is 13.5. The van der Waals surface area contributed by atoms with Gasteiger partial charge in [0.25, 0.3) is 0 Å². The van der Waals surface area contributed by atoms with Crippen molar-refractivity contribution in [2.45, 2.75) is 17.9 Å². The second-order valence-electron chi connectivity index (χ2n) is 6.93. The number of morpholine rings is 1. The second-order valence-corrected chi connectivity index (χ2v) is 8.87. The molecule has 0 aliphatic carbocycles. The Bertz CT molecular complexity index is 843. The fourth-order valence-electron chi connectivity index (χ4n) is 3.32. The topological polar surface area (TPSA) is 64.0 Å². The molecule has 1 saturated heterocycles. The molecule has 1 aromatic heterocycles. The maximum Gasteiger partial charge on any atom is 0.243 e. The molecule has 1 fully saturated rings. The lowest BCUT2D eigenvalue weighted by Gasteiger charge is -2.28. The van der Waals surface area contributed by atoms with Crippen LogP contribution < -0.4 is 4.74 Å². The predicted octanol–water partition coefficient (Wildman–Crippen LogP) is 1.95. The van der Waals surface area contributed by atoms with Crippen LogP contribution in [0.15, 0.2) is 47.5 Å². The summed E-state index contributed by atoms with van der Waals surface area (Å²) in [7, 11) is -0.103. The van der Waals surface area contributed by atoms with Gasteiger partial charge in [0, 0.05) is 38.6 Å². The van der Waals surface area contributed by atoms with Crippen molar-refractivity contribution in [3.8, 4) is 5.75 Å². The number of benzene rings is 1. The number of rotatable bonds is 9. The second kappa shape index (κ2) is 9.56. The van der Waals surface area contributed by atoms with Crippen molar-refractivity contribution in [1.82, 2.24) is 13.8 Å². The van der Waals surface area contributed by atoms with E-state index in [9.17, 15) is 8.42 Å². The largest absolute Gasteiger partial charge is 0.497 e. The molecule has 0 atom stereocenters. The number of aromatic nitrogens is 1. The third-order valence-corrected chi connectivity index (χ3v) is 6.93. The van der Waals surface area contributed by atoms with Gasteiger partial charge in [0.05, 0.1) is 31.8 Å². The summed E-state index contributed by atoms with van der Waals surface area (Å²) in [4.78, 5) is 2.61. The maximum absolute atomic E-state index is 13.3. The number of hydrogen-bond acceptors (Lipinski definition) is 5. The summed E-state index contributed by atoms with van der Waals surface area (Å²) in [6.07, 6.45) is 2.71. The number of sulfonamides is 1. The van der Waals surface area contributed by atoms with Gasteiger partial charge in [-0.15, -0.1) is 0 Å². The van der Waals surface area contributed by atoms with Crippen molar-refractivity contribution in [2.75, 3.05) is 46.5 Å². The summed E-state index contributed by atoms with van der Waals surface area (Å²) >= 11 is 0. The Hall–Kier alpha value is -1.87. The first-order valence-corrected chi connectivity index (χ1v) is 11.0.